The third kappa shape index (κ3) is 4.91. The molecule has 3 aromatic rings. The number of anilines is 2. The molecule has 5 nitrogen and oxygen atoms in total. The number of aryl methyl sites for hydroxylation is 1. The van der Waals surface area contributed by atoms with Gasteiger partial charge in [-0.2, -0.15) is 0 Å². The van der Waals surface area contributed by atoms with Crippen LogP contribution in [0.1, 0.15) is 36.2 Å². The van der Waals surface area contributed by atoms with E-state index in [0.29, 0.717) is 11.4 Å². The molecule has 1 amide bonds. The number of nitrogens with zero attached hydrogens (tertiary/aromatic N) is 2. The lowest BCUT2D eigenvalue weighted by atomic mass is 10.1. The molecule has 1 heterocycles. The summed E-state index contributed by atoms with van der Waals surface area (Å²) in [6.07, 6.45) is 2.45. The normalized spacial score (nSPS) is 11.7. The van der Waals surface area contributed by atoms with Gasteiger partial charge in [-0.15, -0.1) is 0 Å². The summed E-state index contributed by atoms with van der Waals surface area (Å²) >= 11 is 0. The number of hydrogen-bond donors (Lipinski definition) is 2. The smallest absolute Gasteiger partial charge is 0.251 e. The van der Waals surface area contributed by atoms with E-state index in [0.717, 1.165) is 23.4 Å². The molecule has 0 aliphatic heterocycles. The first kappa shape index (κ1) is 18.6. The molecular formula is C22H24N4O. The zero-order chi connectivity index (χ0) is 19.2. The maximum Gasteiger partial charge on any atom is 0.251 e. The summed E-state index contributed by atoms with van der Waals surface area (Å²) in [5.41, 5.74) is 4.62. The predicted molar refractivity (Wildman–Crippen MR) is 109 cm³/mol. The Hall–Kier alpha value is -3.21. The molecule has 138 valence electrons. The zero-order valence-electron chi connectivity index (χ0n) is 15.9. The number of nitrogens with one attached hydrogen (secondary N) is 2. The first-order chi connectivity index (χ1) is 13.0. The molecule has 0 aliphatic carbocycles. The van der Waals surface area contributed by atoms with Crippen LogP contribution >= 0.6 is 0 Å². The lowest BCUT2D eigenvalue weighted by molar-refractivity contribution is 0.0939. The standard InChI is InChI=1S/C22H24N4O/c1-4-16(3)25-22(27)18-9-11-19(12-10-18)26-21-13-20(23-14-24-21)17-7-5-15(2)6-8-17/h5-14,16H,4H2,1-3H3,(H,25,27)(H,23,24,26). The Kier molecular flexibility index (Phi) is 5.81. The molecule has 2 aromatic carbocycles. The Labute approximate surface area is 159 Å². The Bertz CT molecular complexity index is 904. The van der Waals surface area contributed by atoms with Crippen LogP contribution in [-0.4, -0.2) is 21.9 Å². The fourth-order valence-corrected chi connectivity index (χ4v) is 2.57. The van der Waals surface area contributed by atoms with Crippen LogP contribution in [0.5, 0.6) is 0 Å². The summed E-state index contributed by atoms with van der Waals surface area (Å²) in [6, 6.07) is 17.7. The predicted octanol–water partition coefficient (Wildman–Crippen LogP) is 4.72. The van der Waals surface area contributed by atoms with Crippen molar-refractivity contribution < 1.29 is 4.79 Å². The van der Waals surface area contributed by atoms with Gasteiger partial charge in [-0.05, 0) is 44.5 Å². The number of rotatable bonds is 6. The lowest BCUT2D eigenvalue weighted by Gasteiger charge is -2.12. The van der Waals surface area contributed by atoms with Crippen molar-refractivity contribution in [1.82, 2.24) is 15.3 Å². The minimum Gasteiger partial charge on any atom is -0.350 e. The Morgan fingerprint density at radius 3 is 2.41 bits per heavy atom. The summed E-state index contributed by atoms with van der Waals surface area (Å²) in [4.78, 5) is 20.8. The van der Waals surface area contributed by atoms with Crippen molar-refractivity contribution in [2.75, 3.05) is 5.32 Å². The van der Waals surface area contributed by atoms with E-state index in [1.54, 1.807) is 6.33 Å². The number of benzene rings is 2. The van der Waals surface area contributed by atoms with Crippen LogP contribution in [0.25, 0.3) is 11.3 Å². The number of carbonyl (C=O) groups is 1. The SMILES string of the molecule is CCC(C)NC(=O)c1ccc(Nc2cc(-c3ccc(C)cc3)ncn2)cc1. The van der Waals surface area contributed by atoms with Gasteiger partial charge in [-0.25, -0.2) is 9.97 Å². The third-order valence-electron chi connectivity index (χ3n) is 4.42. The molecule has 3 rings (SSSR count). The van der Waals surface area contributed by atoms with Crippen molar-refractivity contribution in [1.29, 1.82) is 0 Å². The molecule has 27 heavy (non-hydrogen) atoms. The van der Waals surface area contributed by atoms with Crippen molar-refractivity contribution in [3.63, 3.8) is 0 Å². The molecule has 1 atom stereocenters. The molecule has 1 unspecified atom stereocenters. The fraction of sp³-hybridized carbons (Fsp3) is 0.227. The monoisotopic (exact) mass is 360 g/mol. The zero-order valence-corrected chi connectivity index (χ0v) is 15.9. The Morgan fingerprint density at radius 1 is 1.04 bits per heavy atom. The molecule has 0 spiro atoms. The Morgan fingerprint density at radius 2 is 1.74 bits per heavy atom. The summed E-state index contributed by atoms with van der Waals surface area (Å²) in [5, 5.41) is 6.23. The number of carbonyl (C=O) groups excluding carboxylic acids is 1. The summed E-state index contributed by atoms with van der Waals surface area (Å²) in [7, 11) is 0. The fourth-order valence-electron chi connectivity index (χ4n) is 2.57. The second kappa shape index (κ2) is 8.45. The highest BCUT2D eigenvalue weighted by atomic mass is 16.1. The highest BCUT2D eigenvalue weighted by Gasteiger charge is 2.08. The van der Waals surface area contributed by atoms with Gasteiger partial charge in [0.1, 0.15) is 12.1 Å². The van der Waals surface area contributed by atoms with Crippen LogP contribution in [0.4, 0.5) is 11.5 Å². The quantitative estimate of drug-likeness (QED) is 0.667. The van der Waals surface area contributed by atoms with Gasteiger partial charge in [0.25, 0.3) is 5.91 Å². The second-order valence-corrected chi connectivity index (χ2v) is 6.64. The molecule has 0 radical (unpaired) electrons. The molecule has 5 heteroatoms. The van der Waals surface area contributed by atoms with Gasteiger partial charge in [0.05, 0.1) is 5.69 Å². The van der Waals surface area contributed by atoms with Crippen molar-refractivity contribution in [3.05, 3.63) is 72.1 Å². The van der Waals surface area contributed by atoms with Crippen LogP contribution in [0.3, 0.4) is 0 Å². The number of hydrogen-bond acceptors (Lipinski definition) is 4. The third-order valence-corrected chi connectivity index (χ3v) is 4.42. The largest absolute Gasteiger partial charge is 0.350 e. The van der Waals surface area contributed by atoms with E-state index in [4.69, 9.17) is 0 Å². The van der Waals surface area contributed by atoms with Crippen LogP contribution in [0.2, 0.25) is 0 Å². The van der Waals surface area contributed by atoms with Gasteiger partial charge in [0, 0.05) is 28.9 Å². The molecule has 0 fully saturated rings. The average Bonchev–Trinajstić information content (AvgIpc) is 2.69. The summed E-state index contributed by atoms with van der Waals surface area (Å²) in [6.45, 7) is 6.10. The maximum atomic E-state index is 12.2. The molecule has 1 aromatic heterocycles. The second-order valence-electron chi connectivity index (χ2n) is 6.64. The molecule has 2 N–H and O–H groups in total. The van der Waals surface area contributed by atoms with E-state index in [2.05, 4.69) is 39.7 Å². The molecule has 0 aliphatic rings. The van der Waals surface area contributed by atoms with Gasteiger partial charge < -0.3 is 10.6 Å². The first-order valence-electron chi connectivity index (χ1n) is 9.12. The average molecular weight is 360 g/mol. The van der Waals surface area contributed by atoms with Crippen LogP contribution in [-0.2, 0) is 0 Å². The van der Waals surface area contributed by atoms with Gasteiger partial charge in [0.15, 0.2) is 0 Å². The molecule has 0 bridgehead atoms. The summed E-state index contributed by atoms with van der Waals surface area (Å²) < 4.78 is 0. The first-order valence-corrected chi connectivity index (χ1v) is 9.12. The van der Waals surface area contributed by atoms with Crippen LogP contribution in [0.15, 0.2) is 60.9 Å². The van der Waals surface area contributed by atoms with Gasteiger partial charge >= 0.3 is 0 Å². The number of aromatic nitrogens is 2. The highest BCUT2D eigenvalue weighted by molar-refractivity contribution is 5.94. The van der Waals surface area contributed by atoms with E-state index in [9.17, 15) is 4.79 Å². The lowest BCUT2D eigenvalue weighted by Crippen LogP contribution is -2.31. The van der Waals surface area contributed by atoms with E-state index in [-0.39, 0.29) is 11.9 Å². The minimum atomic E-state index is -0.0559. The topological polar surface area (TPSA) is 66.9 Å². The molecule has 0 saturated carbocycles. The molecule has 0 saturated heterocycles. The van der Waals surface area contributed by atoms with Gasteiger partial charge in [0.2, 0.25) is 0 Å². The van der Waals surface area contributed by atoms with E-state index in [1.165, 1.54) is 5.56 Å². The van der Waals surface area contributed by atoms with Crippen molar-refractivity contribution in [2.24, 2.45) is 0 Å². The van der Waals surface area contributed by atoms with Crippen molar-refractivity contribution >= 4 is 17.4 Å². The molecular weight excluding hydrogens is 336 g/mol. The minimum absolute atomic E-state index is 0.0559. The highest BCUT2D eigenvalue weighted by Crippen LogP contribution is 2.21. The Balaban J connectivity index is 1.71. The summed E-state index contributed by atoms with van der Waals surface area (Å²) in [5.74, 6) is 0.650. The van der Waals surface area contributed by atoms with Crippen molar-refractivity contribution in [3.8, 4) is 11.3 Å². The van der Waals surface area contributed by atoms with Gasteiger partial charge in [-0.1, -0.05) is 36.8 Å². The van der Waals surface area contributed by atoms with E-state index >= 15 is 0 Å². The number of amides is 1. The van der Waals surface area contributed by atoms with Crippen LogP contribution in [0, 0.1) is 6.92 Å². The van der Waals surface area contributed by atoms with E-state index in [1.807, 2.05) is 56.3 Å². The van der Waals surface area contributed by atoms with Crippen LogP contribution < -0.4 is 10.6 Å². The van der Waals surface area contributed by atoms with Crippen molar-refractivity contribution in [2.45, 2.75) is 33.2 Å². The maximum absolute atomic E-state index is 12.2. The van der Waals surface area contributed by atoms with Gasteiger partial charge in [-0.3, -0.25) is 4.79 Å². The van der Waals surface area contributed by atoms with E-state index < -0.39 is 0 Å².